The molecule has 0 aliphatic heterocycles. The van der Waals surface area contributed by atoms with E-state index in [9.17, 15) is 13.0 Å². The maximum Gasteiger partial charge on any atom is 0.240 e. The predicted molar refractivity (Wildman–Crippen MR) is 52.8 cm³/mol. The number of hydrogen-bond acceptors (Lipinski definition) is 5. The molecular weight excluding hydrogens is 232 g/mol. The molecule has 0 fully saturated rings. The van der Waals surface area contributed by atoms with Crippen LogP contribution in [0.4, 0.5) is 0 Å². The minimum Gasteiger partial charge on any atom is -0.742 e. The molecule has 8 heteroatoms. The van der Waals surface area contributed by atoms with E-state index < -0.39 is 15.3 Å². The Hall–Kier alpha value is -1.93. The number of nitrogens with one attached hydrogen (secondary N) is 1. The van der Waals surface area contributed by atoms with Gasteiger partial charge in [0.25, 0.3) is 0 Å². The molecule has 0 saturated carbocycles. The highest BCUT2D eigenvalue weighted by molar-refractivity contribution is 7.85. The Morgan fingerprint density at radius 1 is 1.31 bits per heavy atom. The second-order valence-corrected chi connectivity index (χ2v) is 4.49. The van der Waals surface area contributed by atoms with Crippen molar-refractivity contribution in [2.45, 2.75) is 5.16 Å². The number of rotatable bonds is 1. The van der Waals surface area contributed by atoms with Crippen molar-refractivity contribution in [2.24, 2.45) is 0 Å². The van der Waals surface area contributed by atoms with Crippen LogP contribution in [-0.4, -0.2) is 32.6 Å². The summed E-state index contributed by atoms with van der Waals surface area (Å²) in [5, 5.41) is 5.29. The van der Waals surface area contributed by atoms with Gasteiger partial charge in [-0.25, -0.2) is 18.5 Å². The zero-order chi connectivity index (χ0) is 11.3. The standard InChI is InChI=1S/C8H6N4O3S/c13-16(14,15)8-11-10-7-9-5-3-1-2-4-6(5)12(7)8/h1-4H,(H,9,10)(H,13,14,15)/p-1. The number of fused-ring (bicyclic) bond motifs is 3. The number of benzene rings is 1. The summed E-state index contributed by atoms with van der Waals surface area (Å²) in [6.45, 7) is 0. The van der Waals surface area contributed by atoms with Gasteiger partial charge in [0.05, 0.1) is 11.0 Å². The van der Waals surface area contributed by atoms with E-state index in [0.29, 0.717) is 11.0 Å². The van der Waals surface area contributed by atoms with Crippen LogP contribution < -0.4 is 0 Å². The van der Waals surface area contributed by atoms with Crippen LogP contribution in [0, 0.1) is 0 Å². The van der Waals surface area contributed by atoms with E-state index in [0.717, 1.165) is 0 Å². The first kappa shape index (κ1) is 9.31. The lowest BCUT2D eigenvalue weighted by molar-refractivity contribution is 0.454. The molecule has 7 nitrogen and oxygen atoms in total. The van der Waals surface area contributed by atoms with Crippen molar-refractivity contribution in [3.05, 3.63) is 24.3 Å². The molecule has 2 heterocycles. The summed E-state index contributed by atoms with van der Waals surface area (Å²) in [5.41, 5.74) is 1.13. The van der Waals surface area contributed by atoms with Gasteiger partial charge in [-0.2, -0.15) is 0 Å². The SMILES string of the molecule is O=S(=O)([O-])c1n[nH]c2nc3ccccc3n12. The van der Waals surface area contributed by atoms with Gasteiger partial charge in [-0.1, -0.05) is 12.1 Å². The number of nitrogens with zero attached hydrogens (tertiary/aromatic N) is 3. The maximum atomic E-state index is 11.0. The summed E-state index contributed by atoms with van der Waals surface area (Å²) >= 11 is 0. The molecule has 3 aromatic rings. The lowest BCUT2D eigenvalue weighted by Gasteiger charge is -2.02. The summed E-state index contributed by atoms with van der Waals surface area (Å²) in [6.07, 6.45) is 0. The van der Waals surface area contributed by atoms with Gasteiger partial charge in [-0.05, 0) is 12.1 Å². The number of imidazole rings is 1. The van der Waals surface area contributed by atoms with Crippen LogP contribution in [0.3, 0.4) is 0 Å². The number of H-pyrrole nitrogens is 1. The van der Waals surface area contributed by atoms with Crippen LogP contribution in [0.25, 0.3) is 16.8 Å². The number of para-hydroxylation sites is 2. The third-order valence-electron chi connectivity index (χ3n) is 2.23. The van der Waals surface area contributed by atoms with Crippen LogP contribution in [0.2, 0.25) is 0 Å². The lowest BCUT2D eigenvalue weighted by Crippen LogP contribution is -2.04. The zero-order valence-corrected chi connectivity index (χ0v) is 8.60. The molecule has 0 radical (unpaired) electrons. The normalized spacial score (nSPS) is 12.6. The van der Waals surface area contributed by atoms with Crippen LogP contribution in [0.5, 0.6) is 0 Å². The molecule has 1 N–H and O–H groups in total. The third-order valence-corrected chi connectivity index (χ3v) is 2.95. The van der Waals surface area contributed by atoms with Crippen LogP contribution in [-0.2, 0) is 10.1 Å². The average Bonchev–Trinajstić information content (AvgIpc) is 2.73. The van der Waals surface area contributed by atoms with Crippen molar-refractivity contribution in [2.75, 3.05) is 0 Å². The van der Waals surface area contributed by atoms with Crippen molar-refractivity contribution < 1.29 is 13.0 Å². The number of hydrogen-bond donors (Lipinski definition) is 1. The van der Waals surface area contributed by atoms with Gasteiger partial charge in [-0.15, -0.1) is 5.10 Å². The van der Waals surface area contributed by atoms with Gasteiger partial charge in [-0.3, -0.25) is 4.40 Å². The van der Waals surface area contributed by atoms with E-state index in [4.69, 9.17) is 0 Å². The number of aromatic nitrogens is 4. The molecule has 0 atom stereocenters. The Kier molecular flexibility index (Phi) is 1.63. The molecule has 0 unspecified atom stereocenters. The fraction of sp³-hybridized carbons (Fsp3) is 0. The van der Waals surface area contributed by atoms with Crippen molar-refractivity contribution in [3.8, 4) is 0 Å². The van der Waals surface area contributed by atoms with Gasteiger partial charge in [0, 0.05) is 0 Å². The molecule has 0 bridgehead atoms. The Morgan fingerprint density at radius 2 is 2.06 bits per heavy atom. The first-order valence-corrected chi connectivity index (χ1v) is 5.75. The van der Waals surface area contributed by atoms with E-state index in [1.165, 1.54) is 4.40 Å². The first-order chi connectivity index (χ1) is 7.57. The fourth-order valence-corrected chi connectivity index (χ4v) is 2.18. The van der Waals surface area contributed by atoms with E-state index in [-0.39, 0.29) is 5.78 Å². The second kappa shape index (κ2) is 2.80. The van der Waals surface area contributed by atoms with Crippen LogP contribution in [0.1, 0.15) is 0 Å². The van der Waals surface area contributed by atoms with Gasteiger partial charge in [0.15, 0.2) is 10.1 Å². The average molecular weight is 237 g/mol. The van der Waals surface area contributed by atoms with E-state index in [1.54, 1.807) is 24.3 Å². The quantitative estimate of drug-likeness (QED) is 0.605. The summed E-state index contributed by atoms with van der Waals surface area (Å²) in [7, 11) is -4.62. The topological polar surface area (TPSA) is 103 Å². The summed E-state index contributed by atoms with van der Waals surface area (Å²) in [6, 6.07) is 6.88. The molecule has 3 rings (SSSR count). The molecule has 0 aliphatic carbocycles. The summed E-state index contributed by atoms with van der Waals surface area (Å²) < 4.78 is 34.1. The van der Waals surface area contributed by atoms with Gasteiger partial charge >= 0.3 is 0 Å². The Balaban J connectivity index is 2.58. The molecule has 16 heavy (non-hydrogen) atoms. The Morgan fingerprint density at radius 3 is 2.81 bits per heavy atom. The number of aromatic amines is 1. The van der Waals surface area contributed by atoms with E-state index >= 15 is 0 Å². The lowest BCUT2D eigenvalue weighted by atomic mass is 10.3. The fourth-order valence-electron chi connectivity index (χ4n) is 1.61. The molecule has 0 aliphatic rings. The molecule has 0 saturated heterocycles. The summed E-state index contributed by atoms with van der Waals surface area (Å²) in [4.78, 5) is 4.09. The smallest absolute Gasteiger partial charge is 0.240 e. The molecule has 0 amide bonds. The third kappa shape index (κ3) is 1.14. The van der Waals surface area contributed by atoms with Crippen molar-refractivity contribution in [1.82, 2.24) is 19.6 Å². The molecule has 82 valence electrons. The molecular formula is C8H5N4O3S-. The van der Waals surface area contributed by atoms with E-state index in [2.05, 4.69) is 15.2 Å². The van der Waals surface area contributed by atoms with Crippen molar-refractivity contribution >= 4 is 26.9 Å². The zero-order valence-electron chi connectivity index (χ0n) is 7.78. The second-order valence-electron chi connectivity index (χ2n) is 3.22. The first-order valence-electron chi connectivity index (χ1n) is 4.35. The highest BCUT2D eigenvalue weighted by atomic mass is 32.2. The van der Waals surface area contributed by atoms with Gasteiger partial charge in [0.1, 0.15) is 0 Å². The van der Waals surface area contributed by atoms with Crippen molar-refractivity contribution in [3.63, 3.8) is 0 Å². The van der Waals surface area contributed by atoms with Gasteiger partial charge < -0.3 is 4.55 Å². The van der Waals surface area contributed by atoms with Crippen LogP contribution in [0.15, 0.2) is 29.4 Å². The maximum absolute atomic E-state index is 11.0. The highest BCUT2D eigenvalue weighted by Gasteiger charge is 2.15. The van der Waals surface area contributed by atoms with Crippen LogP contribution >= 0.6 is 0 Å². The highest BCUT2D eigenvalue weighted by Crippen LogP contribution is 2.18. The largest absolute Gasteiger partial charge is 0.742 e. The summed E-state index contributed by atoms with van der Waals surface area (Å²) in [5.74, 6) is 0.232. The van der Waals surface area contributed by atoms with E-state index in [1.807, 2.05) is 0 Å². The predicted octanol–water partition coefficient (Wildman–Crippen LogP) is 0.115. The minimum absolute atomic E-state index is 0.232. The Labute approximate surface area is 89.5 Å². The molecule has 0 spiro atoms. The molecule has 2 aromatic heterocycles. The van der Waals surface area contributed by atoms with Gasteiger partial charge in [0.2, 0.25) is 10.9 Å². The monoisotopic (exact) mass is 237 g/mol. The minimum atomic E-state index is -4.62. The van der Waals surface area contributed by atoms with Crippen molar-refractivity contribution in [1.29, 1.82) is 0 Å². The molecule has 1 aromatic carbocycles. The Bertz CT molecular complexity index is 786.